The summed E-state index contributed by atoms with van der Waals surface area (Å²) in [5.41, 5.74) is 0.188. The number of aryl methyl sites for hydroxylation is 1. The summed E-state index contributed by atoms with van der Waals surface area (Å²) in [6, 6.07) is 0. The summed E-state index contributed by atoms with van der Waals surface area (Å²) in [5.74, 6) is -0.163. The smallest absolute Gasteiger partial charge is 0.374 e. The predicted molar refractivity (Wildman–Crippen MR) is 73.3 cm³/mol. The number of aliphatic hydroxyl groups excluding tert-OH is 2. The molecule has 1 heterocycles. The van der Waals surface area contributed by atoms with Crippen molar-refractivity contribution in [1.82, 2.24) is 9.55 Å². The SMILES string of the molecule is COC(=O)c1nc(C(O)C(O)CCSC(C)=O)cn1C. The number of methoxy groups -OCH3 is 1. The van der Waals surface area contributed by atoms with E-state index in [0.717, 1.165) is 11.8 Å². The Morgan fingerprint density at radius 2 is 2.15 bits per heavy atom. The Morgan fingerprint density at radius 3 is 2.70 bits per heavy atom. The van der Waals surface area contributed by atoms with Crippen LogP contribution in [0.25, 0.3) is 0 Å². The first-order valence-corrected chi connectivity index (χ1v) is 6.96. The summed E-state index contributed by atoms with van der Waals surface area (Å²) in [7, 11) is 2.83. The maximum absolute atomic E-state index is 11.4. The Labute approximate surface area is 121 Å². The number of carbonyl (C=O) groups excluding carboxylic acids is 2. The van der Waals surface area contributed by atoms with Crippen molar-refractivity contribution in [3.8, 4) is 0 Å². The van der Waals surface area contributed by atoms with Crippen LogP contribution in [-0.4, -0.2) is 49.8 Å². The second kappa shape index (κ2) is 7.41. The van der Waals surface area contributed by atoms with Gasteiger partial charge in [-0.05, 0) is 6.42 Å². The number of rotatable bonds is 6. The molecule has 0 spiro atoms. The van der Waals surface area contributed by atoms with Gasteiger partial charge in [0.15, 0.2) is 5.12 Å². The Morgan fingerprint density at radius 1 is 1.50 bits per heavy atom. The Kier molecular flexibility index (Phi) is 6.18. The summed E-state index contributed by atoms with van der Waals surface area (Å²) in [6.07, 6.45) is -0.567. The molecule has 0 saturated carbocycles. The molecule has 0 aliphatic rings. The highest BCUT2D eigenvalue weighted by Crippen LogP contribution is 2.20. The lowest BCUT2D eigenvalue weighted by Gasteiger charge is -2.15. The number of imidazole rings is 1. The number of nitrogens with zero attached hydrogens (tertiary/aromatic N) is 2. The molecule has 0 bridgehead atoms. The minimum absolute atomic E-state index is 0.0440. The average molecular weight is 302 g/mol. The first kappa shape index (κ1) is 16.7. The first-order chi connectivity index (χ1) is 9.36. The van der Waals surface area contributed by atoms with E-state index in [2.05, 4.69) is 9.72 Å². The van der Waals surface area contributed by atoms with Gasteiger partial charge in [0, 0.05) is 25.9 Å². The summed E-state index contributed by atoms with van der Waals surface area (Å²) in [4.78, 5) is 26.1. The highest BCUT2D eigenvalue weighted by atomic mass is 32.2. The predicted octanol–water partition coefficient (Wildman–Crippen LogP) is 0.271. The van der Waals surface area contributed by atoms with Crippen molar-refractivity contribution < 1.29 is 24.5 Å². The van der Waals surface area contributed by atoms with Crippen LogP contribution in [0.5, 0.6) is 0 Å². The molecule has 2 atom stereocenters. The topological polar surface area (TPSA) is 102 Å². The number of hydrogen-bond acceptors (Lipinski definition) is 7. The van der Waals surface area contributed by atoms with Gasteiger partial charge in [0.2, 0.25) is 5.82 Å². The highest BCUT2D eigenvalue weighted by Gasteiger charge is 2.24. The third kappa shape index (κ3) is 4.32. The standard InChI is InChI=1S/C12H18N2O5S/c1-7(15)20-5-4-9(16)10(17)8-6-14(2)11(13-8)12(18)19-3/h6,9-10,16-17H,4-5H2,1-3H3. The van der Waals surface area contributed by atoms with E-state index in [1.807, 2.05) is 0 Å². The van der Waals surface area contributed by atoms with Crippen molar-refractivity contribution in [2.45, 2.75) is 25.6 Å². The van der Waals surface area contributed by atoms with Gasteiger partial charge in [0.1, 0.15) is 6.10 Å². The Balaban J connectivity index is 2.69. The maximum atomic E-state index is 11.4. The van der Waals surface area contributed by atoms with E-state index in [0.29, 0.717) is 5.75 Å². The Hall–Kier alpha value is -1.38. The van der Waals surface area contributed by atoms with E-state index in [1.54, 1.807) is 7.05 Å². The van der Waals surface area contributed by atoms with Crippen molar-refractivity contribution in [1.29, 1.82) is 0 Å². The summed E-state index contributed by atoms with van der Waals surface area (Å²) in [5, 5.41) is 19.8. The number of ether oxygens (including phenoxy) is 1. The summed E-state index contributed by atoms with van der Waals surface area (Å²) < 4.78 is 5.97. The molecule has 0 aliphatic carbocycles. The summed E-state index contributed by atoms with van der Waals surface area (Å²) >= 11 is 1.08. The van der Waals surface area contributed by atoms with E-state index in [-0.39, 0.29) is 23.1 Å². The third-order valence-electron chi connectivity index (χ3n) is 2.65. The first-order valence-electron chi connectivity index (χ1n) is 5.97. The van der Waals surface area contributed by atoms with Crippen molar-refractivity contribution in [3.05, 3.63) is 17.7 Å². The van der Waals surface area contributed by atoms with Gasteiger partial charge in [-0.2, -0.15) is 0 Å². The van der Waals surface area contributed by atoms with E-state index in [9.17, 15) is 19.8 Å². The van der Waals surface area contributed by atoms with E-state index < -0.39 is 18.2 Å². The minimum Gasteiger partial charge on any atom is -0.463 e. The van der Waals surface area contributed by atoms with Crippen molar-refractivity contribution in [2.24, 2.45) is 7.05 Å². The second-order valence-electron chi connectivity index (χ2n) is 4.23. The molecule has 112 valence electrons. The van der Waals surface area contributed by atoms with Gasteiger partial charge in [0.05, 0.1) is 18.9 Å². The van der Waals surface area contributed by atoms with E-state index in [4.69, 9.17) is 0 Å². The monoisotopic (exact) mass is 302 g/mol. The van der Waals surface area contributed by atoms with Crippen LogP contribution in [0.4, 0.5) is 0 Å². The van der Waals surface area contributed by atoms with Gasteiger partial charge >= 0.3 is 5.97 Å². The number of thioether (sulfide) groups is 1. The van der Waals surface area contributed by atoms with Gasteiger partial charge in [-0.1, -0.05) is 11.8 Å². The van der Waals surface area contributed by atoms with Crippen molar-refractivity contribution >= 4 is 22.8 Å². The lowest BCUT2D eigenvalue weighted by atomic mass is 10.1. The highest BCUT2D eigenvalue weighted by molar-refractivity contribution is 8.13. The van der Waals surface area contributed by atoms with Crippen LogP contribution in [0.3, 0.4) is 0 Å². The van der Waals surface area contributed by atoms with Crippen LogP contribution in [-0.2, 0) is 16.6 Å². The molecule has 1 aromatic heterocycles. The zero-order valence-electron chi connectivity index (χ0n) is 11.6. The number of hydrogen-bond donors (Lipinski definition) is 2. The molecule has 7 nitrogen and oxygen atoms in total. The van der Waals surface area contributed by atoms with E-state index >= 15 is 0 Å². The molecular weight excluding hydrogens is 284 g/mol. The molecule has 2 N–H and O–H groups in total. The molecule has 0 aliphatic heterocycles. The number of carbonyl (C=O) groups is 2. The normalized spacial score (nSPS) is 13.8. The molecule has 0 aromatic carbocycles. The molecule has 0 saturated heterocycles. The fourth-order valence-corrected chi connectivity index (χ4v) is 2.24. The molecule has 20 heavy (non-hydrogen) atoms. The molecule has 0 fully saturated rings. The average Bonchev–Trinajstić information content (AvgIpc) is 2.78. The zero-order valence-corrected chi connectivity index (χ0v) is 12.4. The number of aliphatic hydroxyl groups is 2. The summed E-state index contributed by atoms with van der Waals surface area (Å²) in [6.45, 7) is 1.44. The van der Waals surface area contributed by atoms with Crippen molar-refractivity contribution in [3.63, 3.8) is 0 Å². The maximum Gasteiger partial charge on any atom is 0.374 e. The largest absolute Gasteiger partial charge is 0.463 e. The van der Waals surface area contributed by atoms with Crippen LogP contribution in [0.15, 0.2) is 6.20 Å². The molecule has 0 amide bonds. The van der Waals surface area contributed by atoms with Gasteiger partial charge < -0.3 is 19.5 Å². The molecule has 8 heteroatoms. The molecule has 2 unspecified atom stereocenters. The molecule has 0 radical (unpaired) electrons. The van der Waals surface area contributed by atoms with Crippen LogP contribution < -0.4 is 0 Å². The minimum atomic E-state index is -1.22. The van der Waals surface area contributed by atoms with Gasteiger partial charge in [-0.3, -0.25) is 4.79 Å². The second-order valence-corrected chi connectivity index (χ2v) is 5.50. The fourth-order valence-electron chi connectivity index (χ4n) is 1.59. The zero-order chi connectivity index (χ0) is 15.3. The fraction of sp³-hybridized carbons (Fsp3) is 0.583. The quantitative estimate of drug-likeness (QED) is 0.727. The lowest BCUT2D eigenvalue weighted by Crippen LogP contribution is -2.19. The number of esters is 1. The lowest BCUT2D eigenvalue weighted by molar-refractivity contribution is -0.109. The van der Waals surface area contributed by atoms with Gasteiger partial charge in [-0.15, -0.1) is 0 Å². The van der Waals surface area contributed by atoms with Gasteiger partial charge in [0.25, 0.3) is 0 Å². The van der Waals surface area contributed by atoms with Crippen LogP contribution >= 0.6 is 11.8 Å². The molecule has 1 aromatic rings. The number of aromatic nitrogens is 2. The van der Waals surface area contributed by atoms with Crippen LogP contribution in [0.1, 0.15) is 35.8 Å². The van der Waals surface area contributed by atoms with Crippen LogP contribution in [0, 0.1) is 0 Å². The van der Waals surface area contributed by atoms with Crippen molar-refractivity contribution in [2.75, 3.05) is 12.9 Å². The Bertz CT molecular complexity index is 488. The van der Waals surface area contributed by atoms with E-state index in [1.165, 1.54) is 24.8 Å². The molecular formula is C12H18N2O5S. The van der Waals surface area contributed by atoms with Gasteiger partial charge in [-0.25, -0.2) is 9.78 Å². The third-order valence-corrected chi connectivity index (χ3v) is 3.50. The van der Waals surface area contributed by atoms with Crippen LogP contribution in [0.2, 0.25) is 0 Å². The molecule has 1 rings (SSSR count).